The molecule has 0 bridgehead atoms. The summed E-state index contributed by atoms with van der Waals surface area (Å²) in [5, 5.41) is 0. The minimum Gasteiger partial charge on any atom is -0.342 e. The van der Waals surface area contributed by atoms with Crippen molar-refractivity contribution in [2.24, 2.45) is 5.92 Å². The second-order valence-corrected chi connectivity index (χ2v) is 6.58. The Morgan fingerprint density at radius 2 is 2.04 bits per heavy atom. The molecule has 1 atom stereocenters. The normalized spacial score (nSPS) is 25.3. The maximum Gasteiger partial charge on any atom is 0.345 e. The van der Waals surface area contributed by atoms with Crippen LogP contribution in [0.5, 0.6) is 0 Å². The molecule has 0 unspecified atom stereocenters. The van der Waals surface area contributed by atoms with E-state index in [2.05, 4.69) is 9.97 Å². The third-order valence-corrected chi connectivity index (χ3v) is 4.94. The van der Waals surface area contributed by atoms with Gasteiger partial charge in [0.25, 0.3) is 0 Å². The Kier molecular flexibility index (Phi) is 4.46. The maximum absolute atomic E-state index is 13.2. The van der Waals surface area contributed by atoms with Gasteiger partial charge in [0, 0.05) is 49.7 Å². The van der Waals surface area contributed by atoms with E-state index in [1.807, 2.05) is 0 Å². The molecule has 1 amide bonds. The van der Waals surface area contributed by atoms with E-state index in [9.17, 15) is 18.4 Å². The first-order valence-corrected chi connectivity index (χ1v) is 8.16. The van der Waals surface area contributed by atoms with E-state index in [0.717, 1.165) is 18.5 Å². The van der Waals surface area contributed by atoms with Gasteiger partial charge in [-0.3, -0.25) is 4.79 Å². The van der Waals surface area contributed by atoms with E-state index in [1.165, 1.54) is 6.20 Å². The van der Waals surface area contributed by atoms with Gasteiger partial charge in [-0.1, -0.05) is 0 Å². The van der Waals surface area contributed by atoms with Crippen molar-refractivity contribution in [2.45, 2.75) is 50.4 Å². The van der Waals surface area contributed by atoms with Crippen molar-refractivity contribution < 1.29 is 13.6 Å². The van der Waals surface area contributed by atoms with Crippen LogP contribution in [0.3, 0.4) is 0 Å². The molecule has 1 saturated carbocycles. The minimum absolute atomic E-state index is 0.0124. The Hall–Kier alpha value is -1.79. The lowest BCUT2D eigenvalue weighted by Crippen LogP contribution is -2.44. The van der Waals surface area contributed by atoms with Crippen molar-refractivity contribution >= 4 is 5.91 Å². The highest BCUT2D eigenvalue weighted by atomic mass is 19.3. The van der Waals surface area contributed by atoms with Gasteiger partial charge >= 0.3 is 5.69 Å². The molecule has 1 aromatic heterocycles. The van der Waals surface area contributed by atoms with Gasteiger partial charge in [0.15, 0.2) is 0 Å². The molecule has 126 valence electrons. The number of rotatable bonds is 2. The second kappa shape index (κ2) is 6.37. The zero-order valence-electron chi connectivity index (χ0n) is 12.9. The summed E-state index contributed by atoms with van der Waals surface area (Å²) in [6, 6.07) is 1.77. The van der Waals surface area contributed by atoms with Gasteiger partial charge in [0.05, 0.1) is 0 Å². The molecular formula is C16H21F2N3O2. The molecule has 1 saturated heterocycles. The van der Waals surface area contributed by atoms with Crippen molar-refractivity contribution in [3.05, 3.63) is 28.4 Å². The summed E-state index contributed by atoms with van der Waals surface area (Å²) in [5.41, 5.74) is 0.401. The standard InChI is InChI=1S/C16H21F2N3O2/c17-16(18)6-3-11(4-7-16)14(22)21-9-1-2-12(10-21)13-5-8-19-15(23)20-13/h5,8,11-12H,1-4,6-7,9-10H2,(H,19,20,23)/t12-/m0/s1. The maximum atomic E-state index is 13.2. The first-order valence-electron chi connectivity index (χ1n) is 8.16. The third-order valence-electron chi connectivity index (χ3n) is 4.94. The van der Waals surface area contributed by atoms with Crippen molar-refractivity contribution in [1.29, 1.82) is 0 Å². The number of halogens is 2. The molecule has 3 rings (SSSR count). The Bertz CT molecular complexity index is 622. The number of carbonyl (C=O) groups excluding carboxylic acids is 1. The highest BCUT2D eigenvalue weighted by Gasteiger charge is 2.39. The van der Waals surface area contributed by atoms with Crippen molar-refractivity contribution in [3.63, 3.8) is 0 Å². The molecule has 1 aromatic rings. The van der Waals surface area contributed by atoms with Crippen LogP contribution in [0.4, 0.5) is 8.78 Å². The highest BCUT2D eigenvalue weighted by molar-refractivity contribution is 5.79. The molecule has 2 heterocycles. The molecular weight excluding hydrogens is 304 g/mol. The van der Waals surface area contributed by atoms with Gasteiger partial charge in [-0.2, -0.15) is 0 Å². The number of nitrogens with zero attached hydrogens (tertiary/aromatic N) is 2. The van der Waals surface area contributed by atoms with E-state index in [-0.39, 0.29) is 49.1 Å². The Morgan fingerprint density at radius 1 is 1.30 bits per heavy atom. The number of likely N-dealkylation sites (tertiary alicyclic amines) is 1. The smallest absolute Gasteiger partial charge is 0.342 e. The number of H-pyrrole nitrogens is 1. The average Bonchev–Trinajstić information content (AvgIpc) is 2.54. The number of aromatic nitrogens is 2. The Balaban J connectivity index is 1.64. The van der Waals surface area contributed by atoms with E-state index < -0.39 is 5.92 Å². The lowest BCUT2D eigenvalue weighted by Gasteiger charge is -2.36. The monoisotopic (exact) mass is 325 g/mol. The molecule has 1 aliphatic heterocycles. The SMILES string of the molecule is O=C(C1CCC(F)(F)CC1)N1CCC[C@H](c2ccnc(=O)[nH]2)C1. The summed E-state index contributed by atoms with van der Waals surface area (Å²) in [6.07, 6.45) is 3.35. The number of amides is 1. The van der Waals surface area contributed by atoms with Gasteiger partial charge in [-0.05, 0) is 31.7 Å². The van der Waals surface area contributed by atoms with Crippen LogP contribution < -0.4 is 5.69 Å². The number of hydrogen-bond donors (Lipinski definition) is 1. The molecule has 2 aliphatic rings. The number of alkyl halides is 2. The largest absolute Gasteiger partial charge is 0.345 e. The summed E-state index contributed by atoms with van der Waals surface area (Å²) >= 11 is 0. The third kappa shape index (κ3) is 3.76. The van der Waals surface area contributed by atoms with E-state index in [1.54, 1.807) is 11.0 Å². The van der Waals surface area contributed by atoms with Crippen LogP contribution >= 0.6 is 0 Å². The van der Waals surface area contributed by atoms with Gasteiger partial charge in [-0.15, -0.1) is 0 Å². The number of hydrogen-bond acceptors (Lipinski definition) is 3. The molecule has 1 N–H and O–H groups in total. The molecule has 0 aromatic carbocycles. The predicted molar refractivity (Wildman–Crippen MR) is 80.3 cm³/mol. The Labute approximate surface area is 133 Å². The molecule has 0 radical (unpaired) electrons. The van der Waals surface area contributed by atoms with Crippen LogP contribution in [0.2, 0.25) is 0 Å². The van der Waals surface area contributed by atoms with Gasteiger partial charge in [0.2, 0.25) is 11.8 Å². The molecule has 2 fully saturated rings. The molecule has 5 nitrogen and oxygen atoms in total. The summed E-state index contributed by atoms with van der Waals surface area (Å²) in [7, 11) is 0. The Morgan fingerprint density at radius 3 is 2.74 bits per heavy atom. The van der Waals surface area contributed by atoms with Crippen molar-refractivity contribution in [3.8, 4) is 0 Å². The van der Waals surface area contributed by atoms with Crippen molar-refractivity contribution in [1.82, 2.24) is 14.9 Å². The van der Waals surface area contributed by atoms with Gasteiger partial charge in [-0.25, -0.2) is 18.6 Å². The summed E-state index contributed by atoms with van der Waals surface area (Å²) in [4.78, 5) is 32.1. The predicted octanol–water partition coefficient (Wildman–Crippen LogP) is 2.30. The molecule has 0 spiro atoms. The summed E-state index contributed by atoms with van der Waals surface area (Å²) < 4.78 is 26.5. The molecule has 1 aliphatic carbocycles. The van der Waals surface area contributed by atoms with Crippen LogP contribution in [0.15, 0.2) is 17.1 Å². The molecule has 7 heteroatoms. The number of carbonyl (C=O) groups is 1. The van der Waals surface area contributed by atoms with Crippen LogP contribution in [0.25, 0.3) is 0 Å². The fourth-order valence-corrected chi connectivity index (χ4v) is 3.60. The second-order valence-electron chi connectivity index (χ2n) is 6.58. The average molecular weight is 325 g/mol. The zero-order valence-corrected chi connectivity index (χ0v) is 12.9. The van der Waals surface area contributed by atoms with Crippen LogP contribution in [-0.4, -0.2) is 39.8 Å². The summed E-state index contributed by atoms with van der Waals surface area (Å²) in [5.74, 6) is -2.84. The van der Waals surface area contributed by atoms with Crippen LogP contribution in [0.1, 0.15) is 50.1 Å². The number of aromatic amines is 1. The molecule has 23 heavy (non-hydrogen) atoms. The zero-order chi connectivity index (χ0) is 16.4. The minimum atomic E-state index is -2.61. The summed E-state index contributed by atoms with van der Waals surface area (Å²) in [6.45, 7) is 1.20. The van der Waals surface area contributed by atoms with E-state index in [4.69, 9.17) is 0 Å². The lowest BCUT2D eigenvalue weighted by atomic mass is 9.85. The van der Waals surface area contributed by atoms with Crippen molar-refractivity contribution in [2.75, 3.05) is 13.1 Å². The number of nitrogens with one attached hydrogen (secondary N) is 1. The lowest BCUT2D eigenvalue weighted by molar-refractivity contribution is -0.140. The topological polar surface area (TPSA) is 66.1 Å². The van der Waals surface area contributed by atoms with Gasteiger partial charge < -0.3 is 9.88 Å². The fourth-order valence-electron chi connectivity index (χ4n) is 3.60. The number of piperidine rings is 1. The van der Waals surface area contributed by atoms with Crippen LogP contribution in [-0.2, 0) is 4.79 Å². The van der Waals surface area contributed by atoms with Gasteiger partial charge in [0.1, 0.15) is 0 Å². The fraction of sp³-hybridized carbons (Fsp3) is 0.688. The first-order chi connectivity index (χ1) is 10.9. The van der Waals surface area contributed by atoms with E-state index >= 15 is 0 Å². The van der Waals surface area contributed by atoms with Crippen LogP contribution in [0, 0.1) is 5.92 Å². The van der Waals surface area contributed by atoms with E-state index in [0.29, 0.717) is 13.1 Å². The quantitative estimate of drug-likeness (QED) is 0.907. The first kappa shape index (κ1) is 16.1. The highest BCUT2D eigenvalue weighted by Crippen LogP contribution is 2.37.